The molecule has 1 aliphatic heterocycles. The third-order valence-electron chi connectivity index (χ3n) is 2.80. The second-order valence-electron chi connectivity index (χ2n) is 4.02. The molecule has 1 saturated heterocycles. The van der Waals surface area contributed by atoms with Crippen LogP contribution in [-0.4, -0.2) is 42.0 Å². The molecule has 5 heteroatoms. The summed E-state index contributed by atoms with van der Waals surface area (Å²) in [4.78, 5) is 23.3. The zero-order valence-corrected chi connectivity index (χ0v) is 7.83. The van der Waals surface area contributed by atoms with E-state index in [4.69, 9.17) is 0 Å². The summed E-state index contributed by atoms with van der Waals surface area (Å²) in [7, 11) is 0. The Hall–Kier alpha value is -1.13. The Morgan fingerprint density at radius 3 is 2.79 bits per heavy atom. The zero-order valence-electron chi connectivity index (χ0n) is 7.83. The van der Waals surface area contributed by atoms with Gasteiger partial charge in [-0.25, -0.2) is 4.39 Å². The highest BCUT2D eigenvalue weighted by Crippen LogP contribution is 2.39. The lowest BCUT2D eigenvalue weighted by molar-refractivity contribution is -0.128. The van der Waals surface area contributed by atoms with Crippen LogP contribution in [0.15, 0.2) is 0 Å². The predicted octanol–water partition coefficient (Wildman–Crippen LogP) is -0.165. The van der Waals surface area contributed by atoms with Crippen molar-refractivity contribution in [1.29, 1.82) is 0 Å². The van der Waals surface area contributed by atoms with E-state index in [1.807, 2.05) is 0 Å². The number of hydrogen-bond donors (Lipinski definition) is 1. The summed E-state index contributed by atoms with van der Waals surface area (Å²) in [6, 6.07) is -0.0686. The molecule has 1 heterocycles. The first-order valence-electron chi connectivity index (χ1n) is 4.83. The maximum Gasteiger partial charge on any atom is 0.257 e. The van der Waals surface area contributed by atoms with Gasteiger partial charge in [-0.05, 0) is 19.3 Å². The molecule has 2 fully saturated rings. The first-order valence-corrected chi connectivity index (χ1v) is 4.83. The minimum Gasteiger partial charge on any atom is -0.349 e. The van der Waals surface area contributed by atoms with Crippen molar-refractivity contribution >= 4 is 12.3 Å². The lowest BCUT2D eigenvalue weighted by Gasteiger charge is -2.14. The van der Waals surface area contributed by atoms with Gasteiger partial charge in [0.15, 0.2) is 5.67 Å². The molecule has 2 rings (SSSR count). The average Bonchev–Trinajstić information content (AvgIpc) is 2.77. The van der Waals surface area contributed by atoms with Gasteiger partial charge in [-0.3, -0.25) is 9.59 Å². The molecular formula is C9H13FN2O2. The number of nitrogens with zero attached hydrogens (tertiary/aromatic N) is 1. The van der Waals surface area contributed by atoms with Crippen LogP contribution in [-0.2, 0) is 9.59 Å². The van der Waals surface area contributed by atoms with Gasteiger partial charge in [0.05, 0.1) is 0 Å². The van der Waals surface area contributed by atoms with Crippen LogP contribution < -0.4 is 5.32 Å². The summed E-state index contributed by atoms with van der Waals surface area (Å²) in [5, 5.41) is 2.63. The molecule has 4 nitrogen and oxygen atoms in total. The van der Waals surface area contributed by atoms with Gasteiger partial charge in [-0.15, -0.1) is 0 Å². The highest BCUT2D eigenvalue weighted by Gasteiger charge is 2.51. The molecule has 0 aromatic heterocycles. The Morgan fingerprint density at radius 2 is 2.29 bits per heavy atom. The van der Waals surface area contributed by atoms with Crippen LogP contribution in [0.25, 0.3) is 0 Å². The van der Waals surface area contributed by atoms with E-state index in [9.17, 15) is 14.0 Å². The van der Waals surface area contributed by atoms with Crippen LogP contribution in [0.5, 0.6) is 0 Å². The Kier molecular flexibility index (Phi) is 2.17. The van der Waals surface area contributed by atoms with Gasteiger partial charge in [-0.2, -0.15) is 0 Å². The van der Waals surface area contributed by atoms with Crippen LogP contribution in [0, 0.1) is 0 Å². The fourth-order valence-electron chi connectivity index (χ4n) is 1.65. The third-order valence-corrected chi connectivity index (χ3v) is 2.80. The number of likely N-dealkylation sites (tertiary alicyclic amines) is 1. The molecule has 0 radical (unpaired) electrons. The van der Waals surface area contributed by atoms with Gasteiger partial charge in [-0.1, -0.05) is 0 Å². The van der Waals surface area contributed by atoms with E-state index in [2.05, 4.69) is 5.32 Å². The Bertz CT molecular complexity index is 266. The van der Waals surface area contributed by atoms with Crippen molar-refractivity contribution in [2.75, 3.05) is 13.1 Å². The average molecular weight is 200 g/mol. The lowest BCUT2D eigenvalue weighted by atomic mass is 10.2. The molecule has 0 bridgehead atoms. The smallest absolute Gasteiger partial charge is 0.257 e. The van der Waals surface area contributed by atoms with Crippen LogP contribution in [0.3, 0.4) is 0 Å². The summed E-state index contributed by atoms with van der Waals surface area (Å²) in [6.45, 7) is 1.15. The van der Waals surface area contributed by atoms with Crippen LogP contribution in [0.4, 0.5) is 4.39 Å². The molecule has 78 valence electrons. The highest BCUT2D eigenvalue weighted by molar-refractivity contribution is 5.88. The van der Waals surface area contributed by atoms with Crippen LogP contribution in [0.1, 0.15) is 19.3 Å². The van der Waals surface area contributed by atoms with Gasteiger partial charge in [0, 0.05) is 19.1 Å². The molecule has 1 aliphatic carbocycles. The van der Waals surface area contributed by atoms with E-state index < -0.39 is 11.6 Å². The fraction of sp³-hybridized carbons (Fsp3) is 0.778. The Morgan fingerprint density at radius 1 is 1.57 bits per heavy atom. The number of carbonyl (C=O) groups excluding carboxylic acids is 2. The number of hydrogen-bond acceptors (Lipinski definition) is 2. The van der Waals surface area contributed by atoms with E-state index in [0.717, 1.165) is 12.8 Å². The van der Waals surface area contributed by atoms with E-state index in [-0.39, 0.29) is 6.04 Å². The van der Waals surface area contributed by atoms with Crippen molar-refractivity contribution in [2.45, 2.75) is 31.0 Å². The SMILES string of the molecule is O=CN1CCC(NC(=O)C2(F)CC2)C1. The van der Waals surface area contributed by atoms with Crippen LogP contribution in [0.2, 0.25) is 0 Å². The first-order chi connectivity index (χ1) is 6.64. The summed E-state index contributed by atoms with van der Waals surface area (Å²) in [5.74, 6) is -0.504. The quantitative estimate of drug-likeness (QED) is 0.643. The van der Waals surface area contributed by atoms with E-state index in [1.54, 1.807) is 4.90 Å². The summed E-state index contributed by atoms with van der Waals surface area (Å²) >= 11 is 0. The number of halogens is 1. The Labute approximate surface area is 81.4 Å². The van der Waals surface area contributed by atoms with E-state index in [1.165, 1.54) is 0 Å². The van der Waals surface area contributed by atoms with Gasteiger partial charge in [0.1, 0.15) is 0 Å². The molecule has 1 N–H and O–H groups in total. The molecule has 1 unspecified atom stereocenters. The van der Waals surface area contributed by atoms with Crippen molar-refractivity contribution in [2.24, 2.45) is 0 Å². The largest absolute Gasteiger partial charge is 0.349 e. The Balaban J connectivity index is 1.81. The van der Waals surface area contributed by atoms with Gasteiger partial charge in [0.25, 0.3) is 5.91 Å². The summed E-state index contributed by atoms with van der Waals surface area (Å²) < 4.78 is 13.2. The second kappa shape index (κ2) is 3.22. The molecule has 1 atom stereocenters. The summed E-state index contributed by atoms with van der Waals surface area (Å²) in [5.41, 5.74) is -1.60. The van der Waals surface area contributed by atoms with Crippen molar-refractivity contribution in [3.05, 3.63) is 0 Å². The van der Waals surface area contributed by atoms with E-state index in [0.29, 0.717) is 25.9 Å². The number of nitrogens with one attached hydrogen (secondary N) is 1. The second-order valence-corrected chi connectivity index (χ2v) is 4.02. The van der Waals surface area contributed by atoms with Crippen molar-refractivity contribution < 1.29 is 14.0 Å². The molecule has 14 heavy (non-hydrogen) atoms. The van der Waals surface area contributed by atoms with Crippen LogP contribution >= 0.6 is 0 Å². The monoisotopic (exact) mass is 200 g/mol. The fourth-order valence-corrected chi connectivity index (χ4v) is 1.65. The normalized spacial score (nSPS) is 28.6. The minimum absolute atomic E-state index is 0.0686. The topological polar surface area (TPSA) is 49.4 Å². The molecule has 0 spiro atoms. The maximum atomic E-state index is 13.2. The molecule has 0 aromatic carbocycles. The van der Waals surface area contributed by atoms with E-state index >= 15 is 0 Å². The number of amides is 2. The lowest BCUT2D eigenvalue weighted by Crippen LogP contribution is -2.42. The molecule has 1 saturated carbocycles. The standard InChI is InChI=1S/C9H13FN2O2/c10-9(2-3-9)8(14)11-7-1-4-12(5-7)6-13/h6-7H,1-5H2,(H,11,14). The van der Waals surface area contributed by atoms with Crippen molar-refractivity contribution in [1.82, 2.24) is 10.2 Å². The molecule has 0 aromatic rings. The first kappa shape index (κ1) is 9.43. The molecular weight excluding hydrogens is 187 g/mol. The number of alkyl halides is 1. The number of rotatable bonds is 3. The highest BCUT2D eigenvalue weighted by atomic mass is 19.1. The summed E-state index contributed by atoms with van der Waals surface area (Å²) in [6.07, 6.45) is 2.15. The van der Waals surface area contributed by atoms with Crippen molar-refractivity contribution in [3.8, 4) is 0 Å². The van der Waals surface area contributed by atoms with Crippen molar-refractivity contribution in [3.63, 3.8) is 0 Å². The maximum absolute atomic E-state index is 13.2. The molecule has 2 amide bonds. The van der Waals surface area contributed by atoms with Gasteiger partial charge in [0.2, 0.25) is 6.41 Å². The zero-order chi connectivity index (χ0) is 10.2. The molecule has 2 aliphatic rings. The number of carbonyl (C=O) groups is 2. The van der Waals surface area contributed by atoms with Gasteiger partial charge < -0.3 is 10.2 Å². The van der Waals surface area contributed by atoms with Gasteiger partial charge >= 0.3 is 0 Å². The minimum atomic E-state index is -1.60. The third kappa shape index (κ3) is 1.71. The predicted molar refractivity (Wildman–Crippen MR) is 47.3 cm³/mol.